The average molecular weight is 1070 g/mol. The SMILES string of the molecule is CC(=O)/C=C(/C)O.[Ir].[c-]1c(-c2nccc3sc(-c4ccccc4)cc23)c2ccccc2c2ccccc12.c1ccc(-c2cc3c(-c4cc5ccccc5c5ccccc45)nccc3s2)cc1. The molecule has 66 heavy (non-hydrogen) atoms. The van der Waals surface area contributed by atoms with Gasteiger partial charge in [0.2, 0.25) is 0 Å². The van der Waals surface area contributed by atoms with Gasteiger partial charge in [-0.2, -0.15) is 0 Å². The number of aliphatic hydroxyl groups excluding tert-OH is 1. The van der Waals surface area contributed by atoms with Crippen molar-refractivity contribution in [3.05, 3.63) is 218 Å². The zero-order chi connectivity index (χ0) is 44.3. The van der Waals surface area contributed by atoms with Crippen LogP contribution in [0.1, 0.15) is 13.8 Å². The minimum absolute atomic E-state index is 0. The van der Waals surface area contributed by atoms with E-state index in [1.807, 2.05) is 35.1 Å². The number of fused-ring (bicyclic) bond motifs is 8. The van der Waals surface area contributed by atoms with Gasteiger partial charge in [-0.3, -0.25) is 14.8 Å². The van der Waals surface area contributed by atoms with Crippen LogP contribution in [0.4, 0.5) is 0 Å². The van der Waals surface area contributed by atoms with Crippen molar-refractivity contribution in [1.82, 2.24) is 9.97 Å². The maximum atomic E-state index is 10.0. The molecule has 8 aromatic carbocycles. The van der Waals surface area contributed by atoms with Crippen LogP contribution < -0.4 is 0 Å². The van der Waals surface area contributed by atoms with E-state index in [4.69, 9.17) is 15.1 Å². The fraction of sp³-hybridized carbons (Fsp3) is 0.0339. The van der Waals surface area contributed by atoms with Gasteiger partial charge in [0.25, 0.3) is 0 Å². The number of pyridine rings is 2. The molecule has 0 saturated carbocycles. The Bertz CT molecular complexity index is 3490. The molecule has 0 aliphatic heterocycles. The molecule has 1 N–H and O–H groups in total. The van der Waals surface area contributed by atoms with Crippen molar-refractivity contribution in [3.8, 4) is 43.4 Å². The van der Waals surface area contributed by atoms with Gasteiger partial charge in [0, 0.05) is 74.4 Å². The molecule has 0 unspecified atom stereocenters. The maximum absolute atomic E-state index is 10.0. The number of ketones is 1. The summed E-state index contributed by atoms with van der Waals surface area (Å²) in [6.45, 7) is 2.85. The second kappa shape index (κ2) is 19.5. The van der Waals surface area contributed by atoms with Crippen LogP contribution in [0.5, 0.6) is 0 Å². The van der Waals surface area contributed by atoms with Gasteiger partial charge in [0.05, 0.1) is 11.5 Å². The van der Waals surface area contributed by atoms with Crippen LogP contribution in [-0.2, 0) is 24.9 Å². The number of hydrogen-bond donors (Lipinski definition) is 1. The van der Waals surface area contributed by atoms with E-state index in [0.29, 0.717) is 0 Å². The Kier molecular flexibility index (Phi) is 13.1. The zero-order valence-corrected chi connectivity index (χ0v) is 40.1. The molecule has 0 spiro atoms. The van der Waals surface area contributed by atoms with Gasteiger partial charge in [0.1, 0.15) is 0 Å². The van der Waals surface area contributed by atoms with Crippen molar-refractivity contribution in [1.29, 1.82) is 0 Å². The van der Waals surface area contributed by atoms with E-state index in [1.165, 1.54) is 104 Å². The largest absolute Gasteiger partial charge is 0.512 e. The van der Waals surface area contributed by atoms with Gasteiger partial charge in [-0.15, -0.1) is 40.2 Å². The predicted octanol–water partition coefficient (Wildman–Crippen LogP) is 16.7. The van der Waals surface area contributed by atoms with Crippen LogP contribution in [0.25, 0.3) is 107 Å². The van der Waals surface area contributed by atoms with Crippen LogP contribution in [0.2, 0.25) is 0 Å². The van der Waals surface area contributed by atoms with E-state index in [1.54, 1.807) is 0 Å². The number of benzene rings is 8. The summed E-state index contributed by atoms with van der Waals surface area (Å²) in [6, 6.07) is 70.2. The summed E-state index contributed by atoms with van der Waals surface area (Å²) in [7, 11) is 0. The zero-order valence-electron chi connectivity index (χ0n) is 36.0. The smallest absolute Gasteiger partial charge is 0.155 e. The second-order valence-electron chi connectivity index (χ2n) is 15.8. The molecule has 0 aliphatic rings. The Hall–Kier alpha value is -7.12. The topological polar surface area (TPSA) is 63.1 Å². The number of hydrogen-bond acceptors (Lipinski definition) is 6. The first-order valence-electron chi connectivity index (χ1n) is 21.4. The van der Waals surface area contributed by atoms with Crippen molar-refractivity contribution in [2.24, 2.45) is 0 Å². The number of rotatable bonds is 5. The van der Waals surface area contributed by atoms with E-state index in [9.17, 15) is 4.79 Å². The maximum Gasteiger partial charge on any atom is 0.155 e. The van der Waals surface area contributed by atoms with Crippen molar-refractivity contribution in [2.75, 3.05) is 0 Å². The summed E-state index contributed by atoms with van der Waals surface area (Å²) in [6.07, 6.45) is 5.02. The Balaban J connectivity index is 0.000000144. The second-order valence-corrected chi connectivity index (χ2v) is 17.9. The van der Waals surface area contributed by atoms with Crippen molar-refractivity contribution >= 4 is 91.7 Å². The van der Waals surface area contributed by atoms with E-state index in [2.05, 4.69) is 194 Å². The molecule has 0 atom stereocenters. The predicted molar refractivity (Wildman–Crippen MR) is 277 cm³/mol. The van der Waals surface area contributed by atoms with E-state index < -0.39 is 0 Å². The van der Waals surface area contributed by atoms with Crippen molar-refractivity contribution in [2.45, 2.75) is 13.8 Å². The first-order chi connectivity index (χ1) is 31.9. The Morgan fingerprint density at radius 2 is 0.970 bits per heavy atom. The first kappa shape index (κ1) is 44.1. The third-order valence-electron chi connectivity index (χ3n) is 11.4. The Morgan fingerprint density at radius 1 is 0.500 bits per heavy atom. The number of thiophene rings is 2. The molecule has 4 heterocycles. The molecule has 1 radical (unpaired) electrons. The molecule has 4 aromatic heterocycles. The fourth-order valence-electron chi connectivity index (χ4n) is 8.53. The normalized spacial score (nSPS) is 11.3. The summed E-state index contributed by atoms with van der Waals surface area (Å²) >= 11 is 3.64. The number of carbonyl (C=O) groups is 1. The minimum atomic E-state index is -0.125. The summed E-state index contributed by atoms with van der Waals surface area (Å²) in [5.74, 6) is -0.0625. The number of carbonyl (C=O) groups excluding carboxylic acids is 1. The number of aliphatic hydroxyl groups is 1. The van der Waals surface area contributed by atoms with Crippen LogP contribution >= 0.6 is 22.7 Å². The molecular weight excluding hydrogens is 1030 g/mol. The van der Waals surface area contributed by atoms with E-state index in [-0.39, 0.29) is 31.6 Å². The molecular formula is C59H41IrN2O2S2-. The molecule has 0 amide bonds. The number of nitrogens with zero attached hydrogens (tertiary/aromatic N) is 2. The van der Waals surface area contributed by atoms with Gasteiger partial charge >= 0.3 is 0 Å². The standard InChI is InChI=1S/C27H17NS.C27H16NS.C5H8O2.Ir/c2*1-2-8-18(9-3-1)26-17-24-25(29-26)14-15-28-27(24)23-16-19-10-4-5-11-20(19)21-12-6-7-13-22(21)23;1-4(6)3-5(2)7;/h1-17H;1-15,17H;3,6H,1-2H3;/q;-1;;/b;;4-3-;. The molecule has 7 heteroatoms. The molecule has 0 bridgehead atoms. The third kappa shape index (κ3) is 8.95. The number of allylic oxidation sites excluding steroid dienone is 2. The Labute approximate surface area is 404 Å². The van der Waals surface area contributed by atoms with Gasteiger partial charge in [-0.1, -0.05) is 173 Å². The van der Waals surface area contributed by atoms with Crippen LogP contribution in [-0.4, -0.2) is 20.9 Å². The van der Waals surface area contributed by atoms with Crippen molar-refractivity contribution < 1.29 is 30.0 Å². The first-order valence-corrected chi connectivity index (χ1v) is 23.0. The van der Waals surface area contributed by atoms with Gasteiger partial charge in [-0.05, 0) is 82.2 Å². The third-order valence-corrected chi connectivity index (χ3v) is 13.7. The summed E-state index contributed by atoms with van der Waals surface area (Å²) in [4.78, 5) is 22.2. The molecule has 12 rings (SSSR count). The quantitative estimate of drug-likeness (QED) is 0.0807. The van der Waals surface area contributed by atoms with Crippen LogP contribution in [0.3, 0.4) is 0 Å². The van der Waals surface area contributed by atoms with Crippen molar-refractivity contribution in [3.63, 3.8) is 0 Å². The van der Waals surface area contributed by atoms with Gasteiger partial charge < -0.3 is 5.11 Å². The summed E-state index contributed by atoms with van der Waals surface area (Å²) < 4.78 is 2.52. The molecule has 0 saturated heterocycles. The molecule has 0 aliphatic carbocycles. The molecule has 0 fully saturated rings. The minimum Gasteiger partial charge on any atom is -0.512 e. The van der Waals surface area contributed by atoms with Crippen LogP contribution in [0.15, 0.2) is 212 Å². The molecule has 321 valence electrons. The van der Waals surface area contributed by atoms with E-state index >= 15 is 0 Å². The molecule has 4 nitrogen and oxygen atoms in total. The Morgan fingerprint density at radius 3 is 1.55 bits per heavy atom. The van der Waals surface area contributed by atoms with Gasteiger partial charge in [0.15, 0.2) is 5.78 Å². The molecule has 12 aromatic rings. The van der Waals surface area contributed by atoms with Crippen LogP contribution in [0, 0.1) is 6.07 Å². The fourth-order valence-corrected chi connectivity index (χ4v) is 10.6. The summed E-state index contributed by atoms with van der Waals surface area (Å²) in [5, 5.41) is 20.6. The van der Waals surface area contributed by atoms with E-state index in [0.717, 1.165) is 22.3 Å². The van der Waals surface area contributed by atoms with Gasteiger partial charge in [-0.25, -0.2) is 0 Å². The number of aromatic nitrogens is 2. The monoisotopic (exact) mass is 1070 g/mol. The summed E-state index contributed by atoms with van der Waals surface area (Å²) in [5.41, 5.74) is 6.82. The average Bonchev–Trinajstić information content (AvgIpc) is 4.00.